The van der Waals surface area contributed by atoms with Gasteiger partial charge in [0, 0.05) is 36.1 Å². The molecule has 1 fully saturated rings. The van der Waals surface area contributed by atoms with Gasteiger partial charge < -0.3 is 10.2 Å². The van der Waals surface area contributed by atoms with Crippen LogP contribution in [0.3, 0.4) is 0 Å². The summed E-state index contributed by atoms with van der Waals surface area (Å²) in [4.78, 5) is 26.7. The van der Waals surface area contributed by atoms with Gasteiger partial charge in [-0.05, 0) is 55.5 Å². The second kappa shape index (κ2) is 9.56. The number of likely N-dealkylation sites (tertiary alicyclic amines) is 1. The van der Waals surface area contributed by atoms with Gasteiger partial charge in [0.05, 0.1) is 0 Å². The molecule has 1 aliphatic rings. The van der Waals surface area contributed by atoms with Crippen molar-refractivity contribution in [1.82, 2.24) is 10.2 Å². The highest BCUT2D eigenvalue weighted by Crippen LogP contribution is 2.20. The number of nitrogens with one attached hydrogen (secondary N) is 1. The maximum atomic E-state index is 12.5. The van der Waals surface area contributed by atoms with E-state index in [1.54, 1.807) is 24.3 Å². The van der Waals surface area contributed by atoms with E-state index >= 15 is 0 Å². The van der Waals surface area contributed by atoms with Crippen molar-refractivity contribution in [3.63, 3.8) is 0 Å². The van der Waals surface area contributed by atoms with Crippen molar-refractivity contribution < 1.29 is 9.59 Å². The number of carbonyl (C=O) groups excluding carboxylic acids is 2. The molecular weight excluding hydrogens is 360 g/mol. The Morgan fingerprint density at radius 1 is 1.00 bits per heavy atom. The Hall–Kier alpha value is -2.33. The predicted molar refractivity (Wildman–Crippen MR) is 108 cm³/mol. The number of rotatable bonds is 6. The van der Waals surface area contributed by atoms with Crippen LogP contribution in [0.2, 0.25) is 5.02 Å². The van der Waals surface area contributed by atoms with Gasteiger partial charge in [-0.3, -0.25) is 9.59 Å². The molecule has 2 amide bonds. The third-order valence-corrected chi connectivity index (χ3v) is 5.28. The Bertz CT molecular complexity index is 754. The maximum absolute atomic E-state index is 12.5. The van der Waals surface area contributed by atoms with Crippen LogP contribution in [-0.4, -0.2) is 36.3 Å². The van der Waals surface area contributed by atoms with E-state index in [-0.39, 0.29) is 17.7 Å². The smallest absolute Gasteiger partial charge is 0.253 e. The van der Waals surface area contributed by atoms with Gasteiger partial charge in [0.2, 0.25) is 5.91 Å². The van der Waals surface area contributed by atoms with E-state index in [1.165, 1.54) is 5.56 Å². The van der Waals surface area contributed by atoms with E-state index in [0.29, 0.717) is 43.1 Å². The first-order valence-corrected chi connectivity index (χ1v) is 9.88. The largest absolute Gasteiger partial charge is 0.356 e. The number of benzene rings is 2. The summed E-state index contributed by atoms with van der Waals surface area (Å²) in [6.07, 6.45) is 3.33. The lowest BCUT2D eigenvalue weighted by molar-refractivity contribution is -0.126. The first kappa shape index (κ1) is 19.4. The molecule has 0 aromatic heterocycles. The van der Waals surface area contributed by atoms with Gasteiger partial charge in [0.25, 0.3) is 5.91 Å². The third-order valence-electron chi connectivity index (χ3n) is 5.03. The summed E-state index contributed by atoms with van der Waals surface area (Å²) in [5.41, 5.74) is 1.93. The van der Waals surface area contributed by atoms with Crippen molar-refractivity contribution in [2.24, 2.45) is 5.92 Å². The molecule has 142 valence electrons. The van der Waals surface area contributed by atoms with Gasteiger partial charge in [0.1, 0.15) is 0 Å². The molecule has 0 aliphatic carbocycles. The Morgan fingerprint density at radius 3 is 2.33 bits per heavy atom. The summed E-state index contributed by atoms with van der Waals surface area (Å²) in [7, 11) is 0. The molecule has 0 saturated carbocycles. The van der Waals surface area contributed by atoms with Crippen LogP contribution in [0.1, 0.15) is 35.2 Å². The van der Waals surface area contributed by atoms with E-state index in [1.807, 2.05) is 23.1 Å². The normalized spacial score (nSPS) is 14.8. The number of piperidine rings is 1. The number of halogens is 1. The number of nitrogens with zero attached hydrogens (tertiary/aromatic N) is 1. The second-order valence-corrected chi connectivity index (χ2v) is 7.39. The molecule has 0 radical (unpaired) electrons. The minimum absolute atomic E-state index is 0.00371. The van der Waals surface area contributed by atoms with Crippen molar-refractivity contribution in [3.8, 4) is 0 Å². The van der Waals surface area contributed by atoms with Crippen molar-refractivity contribution >= 4 is 23.4 Å². The molecule has 4 nitrogen and oxygen atoms in total. The topological polar surface area (TPSA) is 49.4 Å². The predicted octanol–water partition coefficient (Wildman–Crippen LogP) is 3.94. The number of carbonyl (C=O) groups is 2. The zero-order chi connectivity index (χ0) is 19.1. The summed E-state index contributed by atoms with van der Waals surface area (Å²) in [6, 6.07) is 17.2. The molecule has 3 rings (SSSR count). The number of aryl methyl sites for hydroxylation is 1. The number of hydrogen-bond donors (Lipinski definition) is 1. The van der Waals surface area contributed by atoms with Gasteiger partial charge in [0.15, 0.2) is 0 Å². The van der Waals surface area contributed by atoms with Crippen molar-refractivity contribution in [2.75, 3.05) is 19.6 Å². The zero-order valence-electron chi connectivity index (χ0n) is 15.4. The molecular formula is C22H25ClN2O2. The molecule has 1 heterocycles. The van der Waals surface area contributed by atoms with Gasteiger partial charge in [-0.15, -0.1) is 0 Å². The number of amides is 2. The molecule has 2 aromatic rings. The lowest BCUT2D eigenvalue weighted by atomic mass is 9.95. The molecule has 0 spiro atoms. The summed E-state index contributed by atoms with van der Waals surface area (Å²) < 4.78 is 0. The Balaban J connectivity index is 1.38. The fraction of sp³-hybridized carbons (Fsp3) is 0.364. The Morgan fingerprint density at radius 2 is 1.67 bits per heavy atom. The fourth-order valence-electron chi connectivity index (χ4n) is 3.41. The summed E-state index contributed by atoms with van der Waals surface area (Å²) in [6.45, 7) is 1.92. The third kappa shape index (κ3) is 5.57. The van der Waals surface area contributed by atoms with Gasteiger partial charge >= 0.3 is 0 Å². The van der Waals surface area contributed by atoms with Crippen molar-refractivity contribution in [3.05, 3.63) is 70.7 Å². The highest BCUT2D eigenvalue weighted by Gasteiger charge is 2.27. The van der Waals surface area contributed by atoms with Gasteiger partial charge in [-0.2, -0.15) is 0 Å². The first-order chi connectivity index (χ1) is 13.1. The lowest BCUT2D eigenvalue weighted by Crippen LogP contribution is -2.43. The minimum Gasteiger partial charge on any atom is -0.356 e. The maximum Gasteiger partial charge on any atom is 0.253 e. The Kier molecular flexibility index (Phi) is 6.88. The molecule has 1 saturated heterocycles. The van der Waals surface area contributed by atoms with Gasteiger partial charge in [-0.25, -0.2) is 0 Å². The molecule has 1 N–H and O–H groups in total. The van der Waals surface area contributed by atoms with E-state index in [4.69, 9.17) is 11.6 Å². The molecule has 27 heavy (non-hydrogen) atoms. The monoisotopic (exact) mass is 384 g/mol. The highest BCUT2D eigenvalue weighted by atomic mass is 35.5. The highest BCUT2D eigenvalue weighted by molar-refractivity contribution is 6.30. The summed E-state index contributed by atoms with van der Waals surface area (Å²) in [5, 5.41) is 3.67. The first-order valence-electron chi connectivity index (χ1n) is 9.50. The van der Waals surface area contributed by atoms with Crippen LogP contribution in [0.5, 0.6) is 0 Å². The molecule has 0 atom stereocenters. The second-order valence-electron chi connectivity index (χ2n) is 6.95. The average Bonchev–Trinajstić information content (AvgIpc) is 2.72. The number of hydrogen-bond acceptors (Lipinski definition) is 2. The standard InChI is InChI=1S/C22H25ClN2O2/c23-20-10-8-19(9-11-20)22(27)25-15-12-18(13-16-25)21(26)24-14-4-7-17-5-2-1-3-6-17/h1-3,5-6,8-11,18H,4,7,12-16H2,(H,24,26). The molecule has 2 aromatic carbocycles. The molecule has 0 unspecified atom stereocenters. The average molecular weight is 385 g/mol. The molecule has 1 aliphatic heterocycles. The van der Waals surface area contributed by atoms with E-state index in [0.717, 1.165) is 12.8 Å². The van der Waals surface area contributed by atoms with Crippen molar-refractivity contribution in [2.45, 2.75) is 25.7 Å². The summed E-state index contributed by atoms with van der Waals surface area (Å²) >= 11 is 5.87. The van der Waals surface area contributed by atoms with Crippen molar-refractivity contribution in [1.29, 1.82) is 0 Å². The fourth-order valence-corrected chi connectivity index (χ4v) is 3.54. The van der Waals surface area contributed by atoms with Crippen LogP contribution in [0.25, 0.3) is 0 Å². The molecule has 0 bridgehead atoms. The van der Waals surface area contributed by atoms with Crippen LogP contribution >= 0.6 is 11.6 Å². The van der Waals surface area contributed by atoms with Gasteiger partial charge in [-0.1, -0.05) is 41.9 Å². The summed E-state index contributed by atoms with van der Waals surface area (Å²) in [5.74, 6) is 0.117. The Labute approximate surface area is 165 Å². The van der Waals surface area contributed by atoms with Crippen LogP contribution in [0.4, 0.5) is 0 Å². The lowest BCUT2D eigenvalue weighted by Gasteiger charge is -2.31. The van der Waals surface area contributed by atoms with Crippen LogP contribution in [0, 0.1) is 5.92 Å². The van der Waals surface area contributed by atoms with E-state index in [2.05, 4.69) is 17.4 Å². The molecule has 5 heteroatoms. The van der Waals surface area contributed by atoms with E-state index < -0.39 is 0 Å². The van der Waals surface area contributed by atoms with E-state index in [9.17, 15) is 9.59 Å². The van der Waals surface area contributed by atoms with Crippen LogP contribution < -0.4 is 5.32 Å². The van der Waals surface area contributed by atoms with Crippen LogP contribution in [0.15, 0.2) is 54.6 Å². The zero-order valence-corrected chi connectivity index (χ0v) is 16.1. The van der Waals surface area contributed by atoms with Crippen LogP contribution in [-0.2, 0) is 11.2 Å². The minimum atomic E-state index is -0.00371. The quantitative estimate of drug-likeness (QED) is 0.767. The SMILES string of the molecule is O=C(NCCCc1ccccc1)C1CCN(C(=O)c2ccc(Cl)cc2)CC1.